The lowest BCUT2D eigenvalue weighted by Crippen LogP contribution is -2.35. The molecule has 9 nitrogen and oxygen atoms in total. The van der Waals surface area contributed by atoms with Gasteiger partial charge in [-0.1, -0.05) is 13.8 Å². The number of carbonyl (C=O) groups excluding carboxylic acids is 1. The molecule has 0 radical (unpaired) electrons. The number of non-ortho nitro benzene ring substituents is 1. The van der Waals surface area contributed by atoms with Gasteiger partial charge in [-0.3, -0.25) is 19.8 Å². The summed E-state index contributed by atoms with van der Waals surface area (Å²) < 4.78 is 5.58. The molecule has 1 amide bonds. The number of primary amides is 1. The standard InChI is InChI=1S/C15H19N5O4/c1-10(2)7-19(8-13(16)21)9-14-17-18-15(24-14)11-3-5-12(6-4-11)20(22)23/h3-6,10H,7-9H2,1-2H3,(H2,16,21). The Labute approximate surface area is 138 Å². The fraction of sp³-hybridized carbons (Fsp3) is 0.400. The van der Waals surface area contributed by atoms with E-state index in [2.05, 4.69) is 10.2 Å². The van der Waals surface area contributed by atoms with Gasteiger partial charge >= 0.3 is 0 Å². The summed E-state index contributed by atoms with van der Waals surface area (Å²) in [5.41, 5.74) is 5.83. The minimum Gasteiger partial charge on any atom is -0.419 e. The van der Waals surface area contributed by atoms with Crippen molar-refractivity contribution >= 4 is 11.6 Å². The van der Waals surface area contributed by atoms with Crippen molar-refractivity contribution < 1.29 is 14.1 Å². The Morgan fingerprint density at radius 2 is 2.00 bits per heavy atom. The summed E-state index contributed by atoms with van der Waals surface area (Å²) in [4.78, 5) is 23.2. The van der Waals surface area contributed by atoms with Gasteiger partial charge in [0.05, 0.1) is 18.0 Å². The molecule has 0 saturated heterocycles. The highest BCUT2D eigenvalue weighted by atomic mass is 16.6. The maximum Gasteiger partial charge on any atom is 0.269 e. The van der Waals surface area contributed by atoms with Crippen molar-refractivity contribution in [3.05, 3.63) is 40.3 Å². The fourth-order valence-electron chi connectivity index (χ4n) is 2.27. The molecule has 1 aromatic heterocycles. The fourth-order valence-corrected chi connectivity index (χ4v) is 2.27. The molecule has 0 spiro atoms. The summed E-state index contributed by atoms with van der Waals surface area (Å²) in [6.07, 6.45) is 0. The van der Waals surface area contributed by atoms with Crippen molar-refractivity contribution in [2.24, 2.45) is 11.7 Å². The van der Waals surface area contributed by atoms with E-state index in [1.54, 1.807) is 12.1 Å². The smallest absolute Gasteiger partial charge is 0.269 e. The largest absolute Gasteiger partial charge is 0.419 e. The lowest BCUT2D eigenvalue weighted by Gasteiger charge is -2.20. The number of amides is 1. The van der Waals surface area contributed by atoms with Crippen LogP contribution in [0.3, 0.4) is 0 Å². The first-order valence-electron chi connectivity index (χ1n) is 7.43. The van der Waals surface area contributed by atoms with Crippen LogP contribution in [0.5, 0.6) is 0 Å². The summed E-state index contributed by atoms with van der Waals surface area (Å²) in [5.74, 6) is 0.542. The van der Waals surface area contributed by atoms with Crippen LogP contribution in [-0.4, -0.2) is 39.0 Å². The molecule has 0 fully saturated rings. The van der Waals surface area contributed by atoms with Crippen LogP contribution in [0.2, 0.25) is 0 Å². The van der Waals surface area contributed by atoms with E-state index in [4.69, 9.17) is 10.2 Å². The Bertz CT molecular complexity index is 711. The quantitative estimate of drug-likeness (QED) is 0.573. The molecule has 0 aliphatic carbocycles. The first-order chi connectivity index (χ1) is 11.3. The van der Waals surface area contributed by atoms with E-state index in [1.807, 2.05) is 18.7 Å². The maximum atomic E-state index is 11.2. The molecule has 2 N–H and O–H groups in total. The molecule has 0 unspecified atom stereocenters. The van der Waals surface area contributed by atoms with Gasteiger partial charge in [0.15, 0.2) is 0 Å². The van der Waals surface area contributed by atoms with Gasteiger partial charge in [0.2, 0.25) is 17.7 Å². The third-order valence-corrected chi connectivity index (χ3v) is 3.15. The van der Waals surface area contributed by atoms with Crippen LogP contribution in [0, 0.1) is 16.0 Å². The normalized spacial score (nSPS) is 11.2. The number of hydrogen-bond donors (Lipinski definition) is 1. The lowest BCUT2D eigenvalue weighted by molar-refractivity contribution is -0.384. The molecule has 0 saturated carbocycles. The third kappa shape index (κ3) is 4.85. The first kappa shape index (κ1) is 17.5. The molecular weight excluding hydrogens is 314 g/mol. The molecule has 1 heterocycles. The number of rotatable bonds is 8. The van der Waals surface area contributed by atoms with Gasteiger partial charge in [-0.2, -0.15) is 0 Å². The summed E-state index contributed by atoms with van der Waals surface area (Å²) in [6, 6.07) is 5.84. The van der Waals surface area contributed by atoms with Crippen LogP contribution in [0.25, 0.3) is 11.5 Å². The van der Waals surface area contributed by atoms with Crippen LogP contribution in [0.4, 0.5) is 5.69 Å². The SMILES string of the molecule is CC(C)CN(CC(N)=O)Cc1nnc(-c2ccc([N+](=O)[O-])cc2)o1. The van der Waals surface area contributed by atoms with Crippen molar-refractivity contribution in [1.82, 2.24) is 15.1 Å². The van der Waals surface area contributed by atoms with Crippen LogP contribution in [0.1, 0.15) is 19.7 Å². The van der Waals surface area contributed by atoms with Gasteiger partial charge in [0, 0.05) is 24.2 Å². The minimum atomic E-state index is -0.476. The Kier molecular flexibility index (Phi) is 5.59. The zero-order chi connectivity index (χ0) is 17.7. The van der Waals surface area contributed by atoms with E-state index in [0.717, 1.165) is 0 Å². The van der Waals surface area contributed by atoms with Gasteiger partial charge in [-0.05, 0) is 18.1 Å². The Balaban J connectivity index is 2.10. The van der Waals surface area contributed by atoms with Gasteiger partial charge in [0.1, 0.15) is 0 Å². The third-order valence-electron chi connectivity index (χ3n) is 3.15. The molecule has 1 aromatic carbocycles. The summed E-state index contributed by atoms with van der Waals surface area (Å²) in [5, 5.41) is 18.6. The molecule has 0 aliphatic rings. The number of nitro groups is 1. The molecule has 128 valence electrons. The number of nitrogens with zero attached hydrogens (tertiary/aromatic N) is 4. The second kappa shape index (κ2) is 7.64. The second-order valence-electron chi connectivity index (χ2n) is 5.83. The molecular formula is C15H19N5O4. The van der Waals surface area contributed by atoms with Crippen molar-refractivity contribution in [2.45, 2.75) is 20.4 Å². The van der Waals surface area contributed by atoms with Crippen molar-refractivity contribution in [3.63, 3.8) is 0 Å². The number of benzene rings is 1. The molecule has 0 aliphatic heterocycles. The zero-order valence-corrected chi connectivity index (χ0v) is 13.5. The minimum absolute atomic E-state index is 0.0111. The van der Waals surface area contributed by atoms with E-state index in [9.17, 15) is 14.9 Å². The van der Waals surface area contributed by atoms with Crippen LogP contribution >= 0.6 is 0 Å². The number of hydrogen-bond acceptors (Lipinski definition) is 7. The lowest BCUT2D eigenvalue weighted by atomic mass is 10.2. The molecule has 24 heavy (non-hydrogen) atoms. The summed E-state index contributed by atoms with van der Waals surface area (Å²) >= 11 is 0. The monoisotopic (exact) mass is 333 g/mol. The van der Waals surface area contributed by atoms with Crippen LogP contribution in [-0.2, 0) is 11.3 Å². The predicted molar refractivity (Wildman–Crippen MR) is 85.7 cm³/mol. The Morgan fingerprint density at radius 1 is 1.33 bits per heavy atom. The second-order valence-corrected chi connectivity index (χ2v) is 5.83. The predicted octanol–water partition coefficient (Wildman–Crippen LogP) is 1.59. The van der Waals surface area contributed by atoms with E-state index in [-0.39, 0.29) is 18.1 Å². The topological polar surface area (TPSA) is 128 Å². The van der Waals surface area contributed by atoms with Crippen molar-refractivity contribution in [3.8, 4) is 11.5 Å². The van der Waals surface area contributed by atoms with Gasteiger partial charge in [0.25, 0.3) is 5.69 Å². The van der Waals surface area contributed by atoms with E-state index in [0.29, 0.717) is 30.5 Å². The van der Waals surface area contributed by atoms with Crippen molar-refractivity contribution in [2.75, 3.05) is 13.1 Å². The highest BCUT2D eigenvalue weighted by Crippen LogP contribution is 2.21. The summed E-state index contributed by atoms with van der Waals surface area (Å²) in [7, 11) is 0. The highest BCUT2D eigenvalue weighted by molar-refractivity contribution is 5.75. The highest BCUT2D eigenvalue weighted by Gasteiger charge is 2.16. The number of aromatic nitrogens is 2. The van der Waals surface area contributed by atoms with E-state index >= 15 is 0 Å². The van der Waals surface area contributed by atoms with Crippen LogP contribution < -0.4 is 5.73 Å². The van der Waals surface area contributed by atoms with Crippen molar-refractivity contribution in [1.29, 1.82) is 0 Å². The molecule has 9 heteroatoms. The average Bonchev–Trinajstić information content (AvgIpc) is 2.94. The number of nitrogens with two attached hydrogens (primary N) is 1. The van der Waals surface area contributed by atoms with E-state index in [1.165, 1.54) is 12.1 Å². The number of nitro benzene ring substituents is 1. The Hall–Kier alpha value is -2.81. The first-order valence-corrected chi connectivity index (χ1v) is 7.43. The molecule has 2 rings (SSSR count). The van der Waals surface area contributed by atoms with Gasteiger partial charge < -0.3 is 10.2 Å². The summed E-state index contributed by atoms with van der Waals surface area (Å²) in [6.45, 7) is 5.14. The van der Waals surface area contributed by atoms with Gasteiger partial charge in [-0.25, -0.2) is 0 Å². The van der Waals surface area contributed by atoms with Gasteiger partial charge in [-0.15, -0.1) is 10.2 Å². The Morgan fingerprint density at radius 3 is 2.54 bits per heavy atom. The average molecular weight is 333 g/mol. The maximum absolute atomic E-state index is 11.2. The molecule has 2 aromatic rings. The van der Waals surface area contributed by atoms with E-state index < -0.39 is 10.8 Å². The molecule has 0 bridgehead atoms. The van der Waals surface area contributed by atoms with Crippen LogP contribution in [0.15, 0.2) is 28.7 Å². The number of carbonyl (C=O) groups is 1. The zero-order valence-electron chi connectivity index (χ0n) is 13.5. The molecule has 0 atom stereocenters.